The molecule has 2 aromatic carbocycles. The predicted molar refractivity (Wildman–Crippen MR) is 97.8 cm³/mol. The van der Waals surface area contributed by atoms with Crippen LogP contribution in [0.25, 0.3) is 11.0 Å². The maximum Gasteiger partial charge on any atom is 0.295 e. The Hall–Kier alpha value is -3.61. The molecular formula is C19H16N6O. The molecule has 7 heteroatoms. The number of aryl methyl sites for hydroxylation is 1. The van der Waals surface area contributed by atoms with Crippen molar-refractivity contribution >= 4 is 22.6 Å². The number of carbonyl (C=O) groups is 1. The molecule has 0 atom stereocenters. The second-order valence-corrected chi connectivity index (χ2v) is 5.99. The smallest absolute Gasteiger partial charge is 0.295 e. The molecule has 128 valence electrons. The normalized spacial score (nSPS) is 10.8. The number of anilines is 1. The summed E-state index contributed by atoms with van der Waals surface area (Å²) in [6.45, 7) is 2.59. The molecule has 0 spiro atoms. The van der Waals surface area contributed by atoms with Gasteiger partial charge in [0.05, 0.1) is 23.9 Å². The van der Waals surface area contributed by atoms with Crippen molar-refractivity contribution < 1.29 is 4.79 Å². The van der Waals surface area contributed by atoms with E-state index in [0.29, 0.717) is 23.3 Å². The largest absolute Gasteiger partial charge is 0.316 e. The molecule has 7 nitrogen and oxygen atoms in total. The Labute approximate surface area is 149 Å². The number of amides is 1. The Morgan fingerprint density at radius 1 is 1.08 bits per heavy atom. The maximum absolute atomic E-state index is 12.4. The lowest BCUT2D eigenvalue weighted by Gasteiger charge is -2.03. The zero-order valence-electron chi connectivity index (χ0n) is 14.1. The number of benzene rings is 2. The number of nitrogens with one attached hydrogen (secondary N) is 1. The van der Waals surface area contributed by atoms with Gasteiger partial charge in [0, 0.05) is 6.20 Å². The fourth-order valence-electron chi connectivity index (χ4n) is 2.61. The highest BCUT2D eigenvalue weighted by Crippen LogP contribution is 2.12. The van der Waals surface area contributed by atoms with Crippen LogP contribution in [0, 0.1) is 6.92 Å². The number of aromatic nitrogens is 5. The monoisotopic (exact) mass is 344 g/mol. The van der Waals surface area contributed by atoms with E-state index < -0.39 is 5.91 Å². The van der Waals surface area contributed by atoms with E-state index in [1.54, 1.807) is 17.1 Å². The Morgan fingerprint density at radius 2 is 1.92 bits per heavy atom. The van der Waals surface area contributed by atoms with Gasteiger partial charge in [-0.15, -0.1) is 10.2 Å². The predicted octanol–water partition coefficient (Wildman–Crippen LogP) is 2.83. The molecule has 0 saturated heterocycles. The Balaban J connectivity index is 1.50. The van der Waals surface area contributed by atoms with Crippen molar-refractivity contribution in [2.45, 2.75) is 13.5 Å². The lowest BCUT2D eigenvalue weighted by Crippen LogP contribution is -2.16. The highest BCUT2D eigenvalue weighted by atomic mass is 16.2. The lowest BCUT2D eigenvalue weighted by atomic mass is 10.2. The number of hydrogen-bond donors (Lipinski definition) is 1. The van der Waals surface area contributed by atoms with E-state index >= 15 is 0 Å². The minimum atomic E-state index is -0.417. The zero-order chi connectivity index (χ0) is 17.9. The summed E-state index contributed by atoms with van der Waals surface area (Å²) in [6.07, 6.45) is 3.36. The molecule has 0 saturated carbocycles. The van der Waals surface area contributed by atoms with E-state index in [1.807, 2.05) is 55.5 Å². The van der Waals surface area contributed by atoms with Crippen LogP contribution in [0.4, 0.5) is 5.69 Å². The van der Waals surface area contributed by atoms with E-state index in [0.717, 1.165) is 11.1 Å². The molecule has 0 bridgehead atoms. The van der Waals surface area contributed by atoms with Crippen molar-refractivity contribution in [1.82, 2.24) is 25.0 Å². The average molecular weight is 344 g/mol. The van der Waals surface area contributed by atoms with Crippen LogP contribution in [-0.2, 0) is 6.54 Å². The Bertz CT molecular complexity index is 1070. The third kappa shape index (κ3) is 3.41. The molecule has 0 aliphatic rings. The van der Waals surface area contributed by atoms with E-state index in [1.165, 1.54) is 0 Å². The minimum Gasteiger partial charge on any atom is -0.316 e. The van der Waals surface area contributed by atoms with E-state index in [9.17, 15) is 4.79 Å². The van der Waals surface area contributed by atoms with Gasteiger partial charge in [0.2, 0.25) is 5.82 Å². The van der Waals surface area contributed by atoms with E-state index in [4.69, 9.17) is 0 Å². The van der Waals surface area contributed by atoms with Gasteiger partial charge in [0.25, 0.3) is 5.91 Å². The standard InChI is InChI=1S/C19H16N6O/c1-13-7-8-16-17(9-13)22-18(24-23-16)19(26)21-15-10-20-25(12-15)11-14-5-3-2-4-6-14/h2-10,12H,11H2,1H3,(H,21,26). The van der Waals surface area contributed by atoms with Crippen LogP contribution in [0.15, 0.2) is 60.9 Å². The number of hydrogen-bond acceptors (Lipinski definition) is 5. The van der Waals surface area contributed by atoms with Gasteiger partial charge in [-0.25, -0.2) is 4.98 Å². The summed E-state index contributed by atoms with van der Waals surface area (Å²) in [4.78, 5) is 16.7. The average Bonchev–Trinajstić information content (AvgIpc) is 3.08. The maximum atomic E-state index is 12.4. The molecule has 26 heavy (non-hydrogen) atoms. The second kappa shape index (κ2) is 6.72. The van der Waals surface area contributed by atoms with Gasteiger partial charge in [0.1, 0.15) is 5.52 Å². The number of rotatable bonds is 4. The first-order chi connectivity index (χ1) is 12.7. The van der Waals surface area contributed by atoms with Crippen molar-refractivity contribution in [3.05, 3.63) is 77.9 Å². The first-order valence-electron chi connectivity index (χ1n) is 8.16. The van der Waals surface area contributed by atoms with Crippen molar-refractivity contribution in [2.24, 2.45) is 0 Å². The van der Waals surface area contributed by atoms with E-state index in [2.05, 4.69) is 25.6 Å². The lowest BCUT2D eigenvalue weighted by molar-refractivity contribution is 0.101. The molecular weight excluding hydrogens is 328 g/mol. The topological polar surface area (TPSA) is 85.6 Å². The fourth-order valence-corrected chi connectivity index (χ4v) is 2.61. The number of carbonyl (C=O) groups excluding carboxylic acids is 1. The molecule has 1 N–H and O–H groups in total. The molecule has 4 rings (SSSR count). The summed E-state index contributed by atoms with van der Waals surface area (Å²) in [5, 5.41) is 15.0. The van der Waals surface area contributed by atoms with Crippen molar-refractivity contribution in [2.75, 3.05) is 5.32 Å². The molecule has 1 amide bonds. The molecule has 4 aromatic rings. The van der Waals surface area contributed by atoms with Gasteiger partial charge in [-0.1, -0.05) is 36.4 Å². The quantitative estimate of drug-likeness (QED) is 0.615. The van der Waals surface area contributed by atoms with Crippen molar-refractivity contribution in [3.8, 4) is 0 Å². The van der Waals surface area contributed by atoms with Crippen molar-refractivity contribution in [1.29, 1.82) is 0 Å². The van der Waals surface area contributed by atoms with Gasteiger partial charge >= 0.3 is 0 Å². The highest BCUT2D eigenvalue weighted by Gasteiger charge is 2.13. The van der Waals surface area contributed by atoms with Gasteiger partial charge in [-0.2, -0.15) is 5.10 Å². The zero-order valence-corrected chi connectivity index (χ0v) is 14.1. The van der Waals surface area contributed by atoms with Gasteiger partial charge < -0.3 is 5.32 Å². The van der Waals surface area contributed by atoms with Crippen LogP contribution in [0.3, 0.4) is 0 Å². The third-order valence-electron chi connectivity index (χ3n) is 3.89. The molecule has 0 aliphatic carbocycles. The molecule has 2 aromatic heterocycles. The number of fused-ring (bicyclic) bond motifs is 1. The highest BCUT2D eigenvalue weighted by molar-refractivity contribution is 6.02. The summed E-state index contributed by atoms with van der Waals surface area (Å²) < 4.78 is 1.76. The third-order valence-corrected chi connectivity index (χ3v) is 3.89. The fraction of sp³-hybridized carbons (Fsp3) is 0.105. The van der Waals surface area contributed by atoms with Gasteiger partial charge in [-0.05, 0) is 30.2 Å². The SMILES string of the molecule is Cc1ccc2nnc(C(=O)Nc3cnn(Cc4ccccc4)c3)nc2c1. The molecule has 0 radical (unpaired) electrons. The van der Waals surface area contributed by atoms with Gasteiger partial charge in [-0.3, -0.25) is 9.48 Å². The van der Waals surface area contributed by atoms with Crippen LogP contribution in [0.5, 0.6) is 0 Å². The first kappa shape index (κ1) is 15.9. The van der Waals surface area contributed by atoms with Gasteiger partial charge in [0.15, 0.2) is 0 Å². The minimum absolute atomic E-state index is 0.0268. The summed E-state index contributed by atoms with van der Waals surface area (Å²) in [5.41, 5.74) is 4.06. The summed E-state index contributed by atoms with van der Waals surface area (Å²) >= 11 is 0. The molecule has 0 unspecified atom stereocenters. The van der Waals surface area contributed by atoms with Crippen LogP contribution in [0.1, 0.15) is 21.7 Å². The molecule has 0 fully saturated rings. The summed E-state index contributed by atoms with van der Waals surface area (Å²) in [6, 6.07) is 15.6. The first-order valence-corrected chi connectivity index (χ1v) is 8.16. The van der Waals surface area contributed by atoms with E-state index in [-0.39, 0.29) is 5.82 Å². The molecule has 2 heterocycles. The van der Waals surface area contributed by atoms with Crippen LogP contribution < -0.4 is 5.32 Å². The van der Waals surface area contributed by atoms with Crippen LogP contribution in [0.2, 0.25) is 0 Å². The van der Waals surface area contributed by atoms with Crippen LogP contribution in [-0.4, -0.2) is 30.9 Å². The van der Waals surface area contributed by atoms with Crippen LogP contribution >= 0.6 is 0 Å². The number of nitrogens with zero attached hydrogens (tertiary/aromatic N) is 5. The summed E-state index contributed by atoms with van der Waals surface area (Å²) in [7, 11) is 0. The second-order valence-electron chi connectivity index (χ2n) is 5.99. The Kier molecular flexibility index (Phi) is 4.10. The summed E-state index contributed by atoms with van der Waals surface area (Å²) in [5.74, 6) is -0.390. The molecule has 0 aliphatic heterocycles. The Morgan fingerprint density at radius 3 is 2.77 bits per heavy atom. The van der Waals surface area contributed by atoms with Crippen molar-refractivity contribution in [3.63, 3.8) is 0 Å².